The minimum absolute atomic E-state index is 0.130. The summed E-state index contributed by atoms with van der Waals surface area (Å²) in [7, 11) is 0. The molecule has 6 nitrogen and oxygen atoms in total. The Hall–Kier alpha value is -1.40. The molecule has 0 saturated carbocycles. The van der Waals surface area contributed by atoms with Crippen molar-refractivity contribution in [3.8, 4) is 0 Å². The highest BCUT2D eigenvalue weighted by Gasteiger charge is 2.14. The van der Waals surface area contributed by atoms with Crippen molar-refractivity contribution in [2.24, 2.45) is 0 Å². The van der Waals surface area contributed by atoms with Gasteiger partial charge in [-0.1, -0.05) is 0 Å². The topological polar surface area (TPSA) is 84.5 Å². The van der Waals surface area contributed by atoms with Crippen LogP contribution in [0.5, 0.6) is 0 Å². The van der Waals surface area contributed by atoms with Crippen LogP contribution in [0, 0.1) is 0 Å². The molecule has 3 N–H and O–H groups in total. The lowest BCUT2D eigenvalue weighted by molar-refractivity contribution is 0.122. The van der Waals surface area contributed by atoms with Gasteiger partial charge in [0.1, 0.15) is 5.82 Å². The number of ether oxygens (including phenoxy) is 1. The normalized spacial score (nSPS) is 16.7. The van der Waals surface area contributed by atoms with E-state index in [-0.39, 0.29) is 6.61 Å². The van der Waals surface area contributed by atoms with Crippen LogP contribution in [0.3, 0.4) is 0 Å². The maximum atomic E-state index is 8.93. The van der Waals surface area contributed by atoms with Gasteiger partial charge in [-0.2, -0.15) is 4.98 Å². The SMILES string of the molecule is Nc1nc(N2CCOCC2)ncc1CO. The Labute approximate surface area is 87.7 Å². The maximum absolute atomic E-state index is 8.93. The van der Waals surface area contributed by atoms with E-state index in [1.807, 2.05) is 4.90 Å². The second-order valence-electron chi connectivity index (χ2n) is 3.34. The first kappa shape index (κ1) is 10.1. The summed E-state index contributed by atoms with van der Waals surface area (Å²) in [6, 6.07) is 0. The van der Waals surface area contributed by atoms with Crippen LogP contribution in [0.1, 0.15) is 5.56 Å². The molecule has 15 heavy (non-hydrogen) atoms. The van der Waals surface area contributed by atoms with E-state index in [0.717, 1.165) is 13.1 Å². The molecule has 82 valence electrons. The van der Waals surface area contributed by atoms with Gasteiger partial charge in [-0.3, -0.25) is 0 Å². The van der Waals surface area contributed by atoms with E-state index in [2.05, 4.69) is 9.97 Å². The van der Waals surface area contributed by atoms with Crippen LogP contribution >= 0.6 is 0 Å². The summed E-state index contributed by atoms with van der Waals surface area (Å²) in [6.45, 7) is 2.79. The lowest BCUT2D eigenvalue weighted by Crippen LogP contribution is -2.37. The van der Waals surface area contributed by atoms with Crippen molar-refractivity contribution in [3.63, 3.8) is 0 Å². The van der Waals surface area contributed by atoms with E-state index < -0.39 is 0 Å². The molecule has 0 amide bonds. The summed E-state index contributed by atoms with van der Waals surface area (Å²) in [5.74, 6) is 0.946. The number of nitrogens with zero attached hydrogens (tertiary/aromatic N) is 3. The molecule has 2 rings (SSSR count). The van der Waals surface area contributed by atoms with Crippen molar-refractivity contribution in [1.82, 2.24) is 9.97 Å². The van der Waals surface area contributed by atoms with Crippen LogP contribution in [0.25, 0.3) is 0 Å². The zero-order valence-electron chi connectivity index (χ0n) is 8.39. The van der Waals surface area contributed by atoms with E-state index >= 15 is 0 Å². The molecule has 1 saturated heterocycles. The summed E-state index contributed by atoms with van der Waals surface area (Å²) in [6.07, 6.45) is 1.56. The summed E-state index contributed by atoms with van der Waals surface area (Å²) >= 11 is 0. The monoisotopic (exact) mass is 210 g/mol. The molecule has 0 radical (unpaired) electrons. The molecule has 0 aromatic carbocycles. The van der Waals surface area contributed by atoms with Crippen molar-refractivity contribution in [3.05, 3.63) is 11.8 Å². The van der Waals surface area contributed by atoms with Gasteiger partial charge in [0.15, 0.2) is 0 Å². The van der Waals surface area contributed by atoms with Gasteiger partial charge in [0.05, 0.1) is 19.8 Å². The zero-order valence-corrected chi connectivity index (χ0v) is 8.39. The molecular formula is C9H14N4O2. The zero-order chi connectivity index (χ0) is 10.7. The molecule has 2 heterocycles. The van der Waals surface area contributed by atoms with Crippen molar-refractivity contribution in [1.29, 1.82) is 0 Å². The largest absolute Gasteiger partial charge is 0.391 e. The van der Waals surface area contributed by atoms with Gasteiger partial charge in [-0.15, -0.1) is 0 Å². The number of anilines is 2. The van der Waals surface area contributed by atoms with Crippen molar-refractivity contribution in [2.45, 2.75) is 6.61 Å². The molecule has 1 aromatic rings. The van der Waals surface area contributed by atoms with Gasteiger partial charge in [0, 0.05) is 24.8 Å². The summed E-state index contributed by atoms with van der Waals surface area (Å²) in [4.78, 5) is 10.3. The molecule has 1 fully saturated rings. The van der Waals surface area contributed by atoms with Crippen molar-refractivity contribution in [2.75, 3.05) is 36.9 Å². The Bertz CT molecular complexity index is 339. The number of aromatic nitrogens is 2. The molecule has 0 unspecified atom stereocenters. The van der Waals surface area contributed by atoms with Crippen LogP contribution in [0.15, 0.2) is 6.20 Å². The summed E-state index contributed by atoms with van der Waals surface area (Å²) < 4.78 is 5.23. The number of nitrogens with two attached hydrogens (primary N) is 1. The molecule has 0 spiro atoms. The van der Waals surface area contributed by atoms with Gasteiger partial charge in [-0.05, 0) is 0 Å². The van der Waals surface area contributed by atoms with Crippen LogP contribution in [-0.4, -0.2) is 41.4 Å². The third-order valence-corrected chi connectivity index (χ3v) is 2.35. The first-order chi connectivity index (χ1) is 7.31. The molecular weight excluding hydrogens is 196 g/mol. The molecule has 0 aliphatic carbocycles. The second kappa shape index (κ2) is 4.41. The molecule has 6 heteroatoms. The third kappa shape index (κ3) is 2.16. The highest BCUT2D eigenvalue weighted by molar-refractivity contribution is 5.44. The third-order valence-electron chi connectivity index (χ3n) is 2.35. The average molecular weight is 210 g/mol. The first-order valence-corrected chi connectivity index (χ1v) is 4.86. The number of aliphatic hydroxyl groups excluding tert-OH is 1. The Kier molecular flexibility index (Phi) is 2.98. The van der Waals surface area contributed by atoms with Gasteiger partial charge in [0.2, 0.25) is 5.95 Å². The number of aliphatic hydroxyl groups is 1. The van der Waals surface area contributed by atoms with Gasteiger partial charge < -0.3 is 20.5 Å². The Morgan fingerprint density at radius 2 is 2.20 bits per heavy atom. The highest BCUT2D eigenvalue weighted by Crippen LogP contribution is 2.14. The van der Waals surface area contributed by atoms with Crippen molar-refractivity contribution >= 4 is 11.8 Å². The van der Waals surface area contributed by atoms with E-state index in [1.54, 1.807) is 6.20 Å². The highest BCUT2D eigenvalue weighted by atomic mass is 16.5. The summed E-state index contributed by atoms with van der Waals surface area (Å²) in [5.41, 5.74) is 6.23. The van der Waals surface area contributed by atoms with Gasteiger partial charge >= 0.3 is 0 Å². The Balaban J connectivity index is 2.17. The van der Waals surface area contributed by atoms with Crippen LogP contribution < -0.4 is 10.6 Å². The Morgan fingerprint density at radius 1 is 1.47 bits per heavy atom. The molecule has 0 bridgehead atoms. The number of rotatable bonds is 2. The van der Waals surface area contributed by atoms with Crippen LogP contribution in [0.2, 0.25) is 0 Å². The van der Waals surface area contributed by atoms with E-state index in [0.29, 0.717) is 30.5 Å². The van der Waals surface area contributed by atoms with Crippen LogP contribution in [-0.2, 0) is 11.3 Å². The van der Waals surface area contributed by atoms with E-state index in [1.165, 1.54) is 0 Å². The van der Waals surface area contributed by atoms with Gasteiger partial charge in [-0.25, -0.2) is 4.98 Å². The predicted octanol–water partition coefficient (Wildman–Crippen LogP) is -0.612. The maximum Gasteiger partial charge on any atom is 0.227 e. The number of nitrogen functional groups attached to an aromatic ring is 1. The molecule has 0 atom stereocenters. The summed E-state index contributed by atoms with van der Waals surface area (Å²) in [5, 5.41) is 8.93. The number of hydrogen-bond acceptors (Lipinski definition) is 6. The minimum atomic E-state index is -0.130. The fourth-order valence-corrected chi connectivity index (χ4v) is 1.45. The standard InChI is InChI=1S/C9H14N4O2/c10-8-7(6-14)5-11-9(12-8)13-1-3-15-4-2-13/h5,14H,1-4,6H2,(H2,10,11,12). The van der Waals surface area contributed by atoms with E-state index in [9.17, 15) is 0 Å². The molecule has 1 aliphatic rings. The van der Waals surface area contributed by atoms with E-state index in [4.69, 9.17) is 15.6 Å². The number of hydrogen-bond donors (Lipinski definition) is 2. The smallest absolute Gasteiger partial charge is 0.227 e. The lowest BCUT2D eigenvalue weighted by atomic mass is 10.3. The lowest BCUT2D eigenvalue weighted by Gasteiger charge is -2.26. The van der Waals surface area contributed by atoms with Crippen molar-refractivity contribution < 1.29 is 9.84 Å². The first-order valence-electron chi connectivity index (χ1n) is 4.86. The predicted molar refractivity (Wildman–Crippen MR) is 55.4 cm³/mol. The quantitative estimate of drug-likeness (QED) is 0.677. The fraction of sp³-hybridized carbons (Fsp3) is 0.556. The number of morpholine rings is 1. The fourth-order valence-electron chi connectivity index (χ4n) is 1.45. The average Bonchev–Trinajstić information content (AvgIpc) is 2.30. The second-order valence-corrected chi connectivity index (χ2v) is 3.34. The van der Waals surface area contributed by atoms with Gasteiger partial charge in [0.25, 0.3) is 0 Å². The molecule has 1 aromatic heterocycles. The molecule has 1 aliphatic heterocycles. The van der Waals surface area contributed by atoms with Crippen LogP contribution in [0.4, 0.5) is 11.8 Å². The Morgan fingerprint density at radius 3 is 2.80 bits per heavy atom. The minimum Gasteiger partial charge on any atom is -0.391 e.